The number of pyridine rings is 1. The van der Waals surface area contributed by atoms with E-state index in [-0.39, 0.29) is 12.1 Å². The smallest absolute Gasteiger partial charge is 0.159 e. The quantitative estimate of drug-likeness (QED) is 0.758. The van der Waals surface area contributed by atoms with E-state index in [1.807, 2.05) is 4.57 Å². The van der Waals surface area contributed by atoms with Crippen LogP contribution in [0.25, 0.3) is 11.0 Å². The van der Waals surface area contributed by atoms with Crippen LogP contribution in [0.4, 0.5) is 5.82 Å². The molecule has 1 aliphatic carbocycles. The number of hydrogen-bond acceptors (Lipinski definition) is 4. The summed E-state index contributed by atoms with van der Waals surface area (Å²) in [5.41, 5.74) is 7.25. The van der Waals surface area contributed by atoms with Crippen LogP contribution in [0, 0.1) is 0 Å². The average molecular weight is 253 g/mol. The zero-order valence-corrected chi connectivity index (χ0v) is 9.93. The SMILES string of the molecule is Nc1cc2c(ncn2C2CCC(O)C2)c(Cl)n1. The van der Waals surface area contributed by atoms with Crippen LogP contribution in [0.1, 0.15) is 25.3 Å². The molecule has 1 fully saturated rings. The topological polar surface area (TPSA) is 77.0 Å². The van der Waals surface area contributed by atoms with Crippen LogP contribution in [-0.2, 0) is 0 Å². The van der Waals surface area contributed by atoms with Crippen LogP contribution in [0.3, 0.4) is 0 Å². The van der Waals surface area contributed by atoms with Gasteiger partial charge in [-0.15, -0.1) is 0 Å². The van der Waals surface area contributed by atoms with Gasteiger partial charge in [-0.1, -0.05) is 11.6 Å². The molecule has 1 saturated carbocycles. The van der Waals surface area contributed by atoms with E-state index in [4.69, 9.17) is 17.3 Å². The van der Waals surface area contributed by atoms with Gasteiger partial charge < -0.3 is 15.4 Å². The Morgan fingerprint density at radius 3 is 3.00 bits per heavy atom. The van der Waals surface area contributed by atoms with E-state index in [2.05, 4.69) is 9.97 Å². The molecule has 90 valence electrons. The van der Waals surface area contributed by atoms with Crippen LogP contribution in [0.5, 0.6) is 0 Å². The van der Waals surface area contributed by atoms with Gasteiger partial charge in [0.05, 0.1) is 17.9 Å². The first-order valence-electron chi connectivity index (χ1n) is 5.62. The van der Waals surface area contributed by atoms with Gasteiger partial charge >= 0.3 is 0 Å². The molecule has 6 heteroatoms. The van der Waals surface area contributed by atoms with Crippen molar-refractivity contribution in [3.8, 4) is 0 Å². The van der Waals surface area contributed by atoms with Gasteiger partial charge in [-0.3, -0.25) is 0 Å². The number of imidazole rings is 1. The Bertz CT molecular complexity index is 568. The number of halogens is 1. The lowest BCUT2D eigenvalue weighted by Crippen LogP contribution is -2.06. The van der Waals surface area contributed by atoms with Gasteiger partial charge in [0, 0.05) is 12.1 Å². The highest BCUT2D eigenvalue weighted by atomic mass is 35.5. The highest BCUT2D eigenvalue weighted by Crippen LogP contribution is 2.33. The Labute approximate surface area is 103 Å². The summed E-state index contributed by atoms with van der Waals surface area (Å²) in [4.78, 5) is 8.23. The lowest BCUT2D eigenvalue weighted by Gasteiger charge is -2.12. The fraction of sp³-hybridized carbons (Fsp3) is 0.455. The number of fused-ring (bicyclic) bond motifs is 1. The molecule has 3 N–H and O–H groups in total. The van der Waals surface area contributed by atoms with Crippen LogP contribution in [-0.4, -0.2) is 25.7 Å². The van der Waals surface area contributed by atoms with Gasteiger partial charge in [0.15, 0.2) is 5.15 Å². The number of hydrogen-bond donors (Lipinski definition) is 2. The minimum Gasteiger partial charge on any atom is -0.393 e. The third kappa shape index (κ3) is 1.75. The van der Waals surface area contributed by atoms with E-state index in [1.165, 1.54) is 0 Å². The number of nitrogen functional groups attached to an aromatic ring is 1. The first-order valence-corrected chi connectivity index (χ1v) is 5.99. The number of anilines is 1. The maximum atomic E-state index is 9.58. The summed E-state index contributed by atoms with van der Waals surface area (Å²) in [5, 5.41) is 9.91. The summed E-state index contributed by atoms with van der Waals surface area (Å²) < 4.78 is 2.04. The molecule has 2 unspecified atom stereocenters. The van der Waals surface area contributed by atoms with Crippen molar-refractivity contribution in [2.75, 3.05) is 5.73 Å². The molecule has 0 aliphatic heterocycles. The van der Waals surface area contributed by atoms with Crippen LogP contribution >= 0.6 is 11.6 Å². The van der Waals surface area contributed by atoms with Gasteiger partial charge in [-0.25, -0.2) is 9.97 Å². The summed E-state index contributed by atoms with van der Waals surface area (Å²) in [5.74, 6) is 0.391. The van der Waals surface area contributed by atoms with E-state index in [0.717, 1.165) is 24.8 Å². The van der Waals surface area contributed by atoms with E-state index in [1.54, 1.807) is 12.4 Å². The zero-order valence-electron chi connectivity index (χ0n) is 9.17. The van der Waals surface area contributed by atoms with Crippen molar-refractivity contribution in [2.45, 2.75) is 31.4 Å². The molecule has 2 atom stereocenters. The van der Waals surface area contributed by atoms with Gasteiger partial charge in [-0.2, -0.15) is 0 Å². The first kappa shape index (κ1) is 10.8. The molecular formula is C11H13ClN4O. The fourth-order valence-corrected chi connectivity index (χ4v) is 2.73. The Morgan fingerprint density at radius 2 is 2.29 bits per heavy atom. The highest BCUT2D eigenvalue weighted by Gasteiger charge is 2.25. The molecule has 2 aromatic heterocycles. The first-order chi connectivity index (χ1) is 8.15. The summed E-state index contributed by atoms with van der Waals surface area (Å²) in [6, 6.07) is 2.05. The van der Waals surface area contributed by atoms with Gasteiger partial charge in [-0.05, 0) is 19.3 Å². The molecule has 0 radical (unpaired) electrons. The number of rotatable bonds is 1. The van der Waals surface area contributed by atoms with Crippen molar-refractivity contribution in [1.29, 1.82) is 0 Å². The maximum absolute atomic E-state index is 9.58. The molecule has 0 aromatic carbocycles. The predicted molar refractivity (Wildman–Crippen MR) is 65.8 cm³/mol. The Kier molecular flexibility index (Phi) is 2.45. The zero-order chi connectivity index (χ0) is 12.0. The van der Waals surface area contributed by atoms with Crippen molar-refractivity contribution >= 4 is 28.5 Å². The van der Waals surface area contributed by atoms with Crippen molar-refractivity contribution < 1.29 is 5.11 Å². The second-order valence-electron chi connectivity index (χ2n) is 4.48. The van der Waals surface area contributed by atoms with Crippen molar-refractivity contribution in [1.82, 2.24) is 14.5 Å². The minimum atomic E-state index is -0.216. The predicted octanol–water partition coefficient (Wildman–Crippen LogP) is 1.75. The minimum absolute atomic E-state index is 0.216. The van der Waals surface area contributed by atoms with Crippen molar-refractivity contribution in [2.24, 2.45) is 0 Å². The van der Waals surface area contributed by atoms with E-state index in [0.29, 0.717) is 16.5 Å². The molecule has 0 spiro atoms. The Balaban J connectivity index is 2.11. The van der Waals surface area contributed by atoms with Crippen molar-refractivity contribution in [3.63, 3.8) is 0 Å². The summed E-state index contributed by atoms with van der Waals surface area (Å²) in [6.45, 7) is 0. The number of aromatic nitrogens is 3. The largest absolute Gasteiger partial charge is 0.393 e. The van der Waals surface area contributed by atoms with Gasteiger partial charge in [0.25, 0.3) is 0 Å². The van der Waals surface area contributed by atoms with Crippen LogP contribution in [0.15, 0.2) is 12.4 Å². The second-order valence-corrected chi connectivity index (χ2v) is 4.84. The molecule has 0 bridgehead atoms. The Hall–Kier alpha value is -1.33. The standard InChI is InChI=1S/C11H13ClN4O/c12-11-10-8(4-9(13)15-11)16(5-14-10)6-1-2-7(17)3-6/h4-7,17H,1-3H2,(H2,13,15). The highest BCUT2D eigenvalue weighted by molar-refractivity contribution is 6.33. The summed E-state index contributed by atoms with van der Waals surface area (Å²) in [6.07, 6.45) is 4.07. The molecule has 2 aromatic rings. The monoisotopic (exact) mass is 252 g/mol. The number of aliphatic hydroxyl groups excluding tert-OH is 1. The summed E-state index contributed by atoms with van der Waals surface area (Å²) in [7, 11) is 0. The van der Waals surface area contributed by atoms with Crippen molar-refractivity contribution in [3.05, 3.63) is 17.5 Å². The third-order valence-electron chi connectivity index (χ3n) is 3.31. The number of aliphatic hydroxyl groups is 1. The molecule has 3 rings (SSSR count). The second kappa shape index (κ2) is 3.85. The molecule has 5 nitrogen and oxygen atoms in total. The van der Waals surface area contributed by atoms with Crippen LogP contribution < -0.4 is 5.73 Å². The van der Waals surface area contributed by atoms with Gasteiger partial charge in [0.2, 0.25) is 0 Å². The number of nitrogens with two attached hydrogens (primary N) is 1. The average Bonchev–Trinajstić information content (AvgIpc) is 2.83. The van der Waals surface area contributed by atoms with E-state index >= 15 is 0 Å². The maximum Gasteiger partial charge on any atom is 0.159 e. The van der Waals surface area contributed by atoms with E-state index < -0.39 is 0 Å². The van der Waals surface area contributed by atoms with E-state index in [9.17, 15) is 5.11 Å². The molecular weight excluding hydrogens is 240 g/mol. The fourth-order valence-electron chi connectivity index (χ4n) is 2.49. The summed E-state index contributed by atoms with van der Waals surface area (Å²) >= 11 is 5.99. The lowest BCUT2D eigenvalue weighted by atomic mass is 10.2. The lowest BCUT2D eigenvalue weighted by molar-refractivity contribution is 0.178. The molecule has 2 heterocycles. The molecule has 0 amide bonds. The van der Waals surface area contributed by atoms with Crippen LogP contribution in [0.2, 0.25) is 5.15 Å². The number of nitrogens with zero attached hydrogens (tertiary/aromatic N) is 3. The Morgan fingerprint density at radius 1 is 1.47 bits per heavy atom. The van der Waals surface area contributed by atoms with Gasteiger partial charge in [0.1, 0.15) is 11.3 Å². The normalized spacial score (nSPS) is 24.6. The molecule has 1 aliphatic rings. The third-order valence-corrected chi connectivity index (χ3v) is 3.57. The molecule has 17 heavy (non-hydrogen) atoms. The molecule has 0 saturated heterocycles.